The molecule has 4 aromatic carbocycles. The van der Waals surface area contributed by atoms with Gasteiger partial charge in [0, 0.05) is 17.6 Å². The average molecular weight is 322 g/mol. The van der Waals surface area contributed by atoms with Gasteiger partial charge in [-0.2, -0.15) is 0 Å². The molecular weight excluding hydrogens is 304 g/mol. The summed E-state index contributed by atoms with van der Waals surface area (Å²) in [5.74, 6) is 0. The summed E-state index contributed by atoms with van der Waals surface area (Å²) in [5.41, 5.74) is 4.19. The monoisotopic (exact) mass is 322 g/mol. The smallest absolute Gasteiger partial charge is 0.0636 e. The summed E-state index contributed by atoms with van der Waals surface area (Å²) in [4.78, 5) is 4.59. The Morgan fingerprint density at radius 2 is 1.28 bits per heavy atom. The summed E-state index contributed by atoms with van der Waals surface area (Å²) in [6, 6.07) is 33.0. The van der Waals surface area contributed by atoms with E-state index >= 15 is 0 Å². The lowest BCUT2D eigenvalue weighted by atomic mass is 10.1. The molecule has 0 aliphatic rings. The Morgan fingerprint density at radius 1 is 0.600 bits per heavy atom. The van der Waals surface area contributed by atoms with Crippen LogP contribution in [0.2, 0.25) is 0 Å². The van der Waals surface area contributed by atoms with Crippen LogP contribution in [0.3, 0.4) is 0 Å². The molecular formula is C23H18N2. The summed E-state index contributed by atoms with van der Waals surface area (Å²) in [5, 5.41) is 5.82. The maximum atomic E-state index is 4.59. The first kappa shape index (κ1) is 15.2. The van der Waals surface area contributed by atoms with E-state index in [1.807, 2.05) is 36.5 Å². The second-order valence-electron chi connectivity index (χ2n) is 5.90. The molecule has 0 saturated carbocycles. The number of rotatable bonds is 4. The van der Waals surface area contributed by atoms with Gasteiger partial charge in [0.25, 0.3) is 0 Å². The topological polar surface area (TPSA) is 24.4 Å². The highest BCUT2D eigenvalue weighted by Crippen LogP contribution is 2.21. The fourth-order valence-corrected chi connectivity index (χ4v) is 2.75. The highest BCUT2D eigenvalue weighted by atomic mass is 14.9. The standard InChI is InChI=1S/C23H18N2/c1-2-8-21(9-3-1)25-22-13-10-18(11-14-22)17-24-23-15-12-19-6-4-5-7-20(19)16-23/h1-17,25H. The van der Waals surface area contributed by atoms with Gasteiger partial charge in [-0.3, -0.25) is 4.99 Å². The van der Waals surface area contributed by atoms with Crippen LogP contribution >= 0.6 is 0 Å². The predicted molar refractivity (Wildman–Crippen MR) is 107 cm³/mol. The van der Waals surface area contributed by atoms with Gasteiger partial charge >= 0.3 is 0 Å². The van der Waals surface area contributed by atoms with E-state index in [2.05, 4.69) is 77.0 Å². The average Bonchev–Trinajstić information content (AvgIpc) is 2.68. The number of aliphatic imine (C=N–C) groups is 1. The van der Waals surface area contributed by atoms with Crippen molar-refractivity contribution in [1.29, 1.82) is 0 Å². The van der Waals surface area contributed by atoms with Crippen LogP contribution in [0.5, 0.6) is 0 Å². The molecule has 2 nitrogen and oxygen atoms in total. The molecule has 120 valence electrons. The third-order valence-corrected chi connectivity index (χ3v) is 4.07. The van der Waals surface area contributed by atoms with E-state index in [0.717, 1.165) is 22.6 Å². The molecule has 0 heterocycles. The van der Waals surface area contributed by atoms with Gasteiger partial charge in [0.2, 0.25) is 0 Å². The van der Waals surface area contributed by atoms with Gasteiger partial charge in [0.15, 0.2) is 0 Å². The van der Waals surface area contributed by atoms with Crippen LogP contribution in [0.15, 0.2) is 102 Å². The number of hydrogen-bond acceptors (Lipinski definition) is 2. The maximum absolute atomic E-state index is 4.59. The summed E-state index contributed by atoms with van der Waals surface area (Å²) < 4.78 is 0. The van der Waals surface area contributed by atoms with Crippen molar-refractivity contribution in [1.82, 2.24) is 0 Å². The molecule has 25 heavy (non-hydrogen) atoms. The molecule has 2 heteroatoms. The molecule has 0 atom stereocenters. The van der Waals surface area contributed by atoms with Crippen LogP contribution in [0.25, 0.3) is 10.8 Å². The molecule has 0 unspecified atom stereocenters. The molecule has 4 rings (SSSR count). The van der Waals surface area contributed by atoms with Gasteiger partial charge in [-0.1, -0.05) is 60.7 Å². The largest absolute Gasteiger partial charge is 0.356 e. The molecule has 0 aliphatic carbocycles. The summed E-state index contributed by atoms with van der Waals surface area (Å²) in [6.07, 6.45) is 1.90. The molecule has 0 bridgehead atoms. The fraction of sp³-hybridized carbons (Fsp3) is 0. The van der Waals surface area contributed by atoms with Gasteiger partial charge < -0.3 is 5.32 Å². The Balaban J connectivity index is 1.49. The zero-order chi connectivity index (χ0) is 16.9. The Kier molecular flexibility index (Phi) is 4.25. The number of benzene rings is 4. The van der Waals surface area contributed by atoms with E-state index in [4.69, 9.17) is 0 Å². The second-order valence-corrected chi connectivity index (χ2v) is 5.90. The molecule has 0 radical (unpaired) electrons. The fourth-order valence-electron chi connectivity index (χ4n) is 2.75. The highest BCUT2D eigenvalue weighted by Gasteiger charge is 1.96. The third kappa shape index (κ3) is 3.75. The Bertz CT molecular complexity index is 1000. The van der Waals surface area contributed by atoms with E-state index in [1.165, 1.54) is 10.8 Å². The summed E-state index contributed by atoms with van der Waals surface area (Å²) in [6.45, 7) is 0. The second kappa shape index (κ2) is 7.02. The van der Waals surface area contributed by atoms with Crippen molar-refractivity contribution in [2.45, 2.75) is 0 Å². The van der Waals surface area contributed by atoms with Gasteiger partial charge in [0.05, 0.1) is 5.69 Å². The zero-order valence-electron chi connectivity index (χ0n) is 13.8. The van der Waals surface area contributed by atoms with E-state index in [-0.39, 0.29) is 0 Å². The zero-order valence-corrected chi connectivity index (χ0v) is 13.8. The van der Waals surface area contributed by atoms with E-state index in [1.54, 1.807) is 0 Å². The minimum absolute atomic E-state index is 0.963. The lowest BCUT2D eigenvalue weighted by molar-refractivity contribution is 1.52. The van der Waals surface area contributed by atoms with Crippen molar-refractivity contribution < 1.29 is 0 Å². The Labute approximate surface area is 147 Å². The van der Waals surface area contributed by atoms with Crippen LogP contribution in [0, 0.1) is 0 Å². The van der Waals surface area contributed by atoms with Crippen LogP contribution in [0.4, 0.5) is 17.1 Å². The van der Waals surface area contributed by atoms with Crippen molar-refractivity contribution in [2.24, 2.45) is 4.99 Å². The number of nitrogens with one attached hydrogen (secondary N) is 1. The van der Waals surface area contributed by atoms with Crippen LogP contribution in [-0.4, -0.2) is 6.21 Å². The molecule has 1 N–H and O–H groups in total. The number of anilines is 2. The maximum Gasteiger partial charge on any atom is 0.0636 e. The Morgan fingerprint density at radius 3 is 2.08 bits per heavy atom. The molecule has 0 saturated heterocycles. The predicted octanol–water partition coefficient (Wildman–Crippen LogP) is 6.33. The first-order valence-corrected chi connectivity index (χ1v) is 8.32. The molecule has 0 amide bonds. The minimum Gasteiger partial charge on any atom is -0.356 e. The summed E-state index contributed by atoms with van der Waals surface area (Å²) in [7, 11) is 0. The minimum atomic E-state index is 0.963. The molecule has 4 aromatic rings. The van der Waals surface area contributed by atoms with E-state index in [0.29, 0.717) is 0 Å². The lowest BCUT2D eigenvalue weighted by Gasteiger charge is -2.06. The molecule has 0 spiro atoms. The van der Waals surface area contributed by atoms with E-state index in [9.17, 15) is 0 Å². The van der Waals surface area contributed by atoms with Crippen molar-refractivity contribution in [2.75, 3.05) is 5.32 Å². The Hall–Kier alpha value is -3.39. The van der Waals surface area contributed by atoms with Gasteiger partial charge in [-0.05, 0) is 52.7 Å². The van der Waals surface area contributed by atoms with Gasteiger partial charge in [-0.25, -0.2) is 0 Å². The van der Waals surface area contributed by atoms with Crippen molar-refractivity contribution in [3.8, 4) is 0 Å². The van der Waals surface area contributed by atoms with Gasteiger partial charge in [0.1, 0.15) is 0 Å². The highest BCUT2D eigenvalue weighted by molar-refractivity contribution is 5.87. The third-order valence-electron chi connectivity index (χ3n) is 4.07. The van der Waals surface area contributed by atoms with Gasteiger partial charge in [-0.15, -0.1) is 0 Å². The summed E-state index contributed by atoms with van der Waals surface area (Å²) >= 11 is 0. The molecule has 0 aromatic heterocycles. The van der Waals surface area contributed by atoms with Crippen LogP contribution in [0.1, 0.15) is 5.56 Å². The number of para-hydroxylation sites is 1. The van der Waals surface area contributed by atoms with Crippen molar-refractivity contribution in [3.05, 3.63) is 103 Å². The number of fused-ring (bicyclic) bond motifs is 1. The quantitative estimate of drug-likeness (QED) is 0.436. The molecule has 0 aliphatic heterocycles. The van der Waals surface area contributed by atoms with Crippen molar-refractivity contribution in [3.63, 3.8) is 0 Å². The first-order chi connectivity index (χ1) is 12.4. The van der Waals surface area contributed by atoms with Crippen molar-refractivity contribution >= 4 is 34.0 Å². The SMILES string of the molecule is C(=Nc1ccc2ccccc2c1)c1ccc(Nc2ccccc2)cc1. The van der Waals surface area contributed by atoms with E-state index < -0.39 is 0 Å². The number of hydrogen-bond donors (Lipinski definition) is 1. The van der Waals surface area contributed by atoms with Crippen LogP contribution in [-0.2, 0) is 0 Å². The van der Waals surface area contributed by atoms with Crippen LogP contribution < -0.4 is 5.32 Å². The first-order valence-electron chi connectivity index (χ1n) is 8.32. The lowest BCUT2D eigenvalue weighted by Crippen LogP contribution is -1.90. The number of nitrogens with zero attached hydrogens (tertiary/aromatic N) is 1. The normalized spacial score (nSPS) is 11.0. The molecule has 0 fully saturated rings.